The minimum Gasteiger partial charge on any atom is -0.493 e. The summed E-state index contributed by atoms with van der Waals surface area (Å²) in [6, 6.07) is 13.9. The molecule has 4 rings (SSSR count). The van der Waals surface area contributed by atoms with E-state index in [-0.39, 0.29) is 11.9 Å². The van der Waals surface area contributed by atoms with Gasteiger partial charge >= 0.3 is 0 Å². The van der Waals surface area contributed by atoms with Gasteiger partial charge in [-0.05, 0) is 49.1 Å². The van der Waals surface area contributed by atoms with Gasteiger partial charge in [0.15, 0.2) is 11.5 Å². The largest absolute Gasteiger partial charge is 0.493 e. The summed E-state index contributed by atoms with van der Waals surface area (Å²) in [5.74, 6) is 1.10. The van der Waals surface area contributed by atoms with Crippen LogP contribution in [0.4, 0.5) is 0 Å². The molecule has 0 saturated heterocycles. The van der Waals surface area contributed by atoms with Crippen molar-refractivity contribution in [2.24, 2.45) is 7.05 Å². The fourth-order valence-electron chi connectivity index (χ4n) is 4.10. The molecule has 1 aromatic heterocycles. The highest BCUT2D eigenvalue weighted by atomic mass is 16.5. The van der Waals surface area contributed by atoms with Gasteiger partial charge in [0.25, 0.3) is 5.91 Å². The number of benzene rings is 2. The maximum Gasteiger partial charge on any atom is 0.251 e. The van der Waals surface area contributed by atoms with Crippen molar-refractivity contribution < 1.29 is 14.3 Å². The molecule has 140 valence electrons. The van der Waals surface area contributed by atoms with Crippen molar-refractivity contribution in [1.82, 2.24) is 9.88 Å². The first-order valence-electron chi connectivity index (χ1n) is 9.20. The van der Waals surface area contributed by atoms with Gasteiger partial charge in [-0.2, -0.15) is 0 Å². The highest BCUT2D eigenvalue weighted by Crippen LogP contribution is 2.32. The van der Waals surface area contributed by atoms with Crippen LogP contribution in [0.1, 0.15) is 28.0 Å². The molecule has 0 spiro atoms. The average molecular weight is 364 g/mol. The van der Waals surface area contributed by atoms with E-state index in [4.69, 9.17) is 9.47 Å². The Morgan fingerprint density at radius 3 is 2.67 bits per heavy atom. The summed E-state index contributed by atoms with van der Waals surface area (Å²) in [6.07, 6.45) is 2.77. The summed E-state index contributed by atoms with van der Waals surface area (Å²) >= 11 is 0. The van der Waals surface area contributed by atoms with E-state index in [1.807, 2.05) is 0 Å². The molecule has 1 aliphatic carbocycles. The third kappa shape index (κ3) is 3.03. The number of hydrogen-bond donors (Lipinski definition) is 1. The third-order valence-electron chi connectivity index (χ3n) is 5.50. The Kier molecular flexibility index (Phi) is 4.52. The number of nitrogens with one attached hydrogen (secondary N) is 1. The van der Waals surface area contributed by atoms with Crippen molar-refractivity contribution in [3.63, 3.8) is 0 Å². The van der Waals surface area contributed by atoms with Crippen LogP contribution < -0.4 is 14.8 Å². The normalized spacial score (nSPS) is 16.0. The molecule has 1 N–H and O–H groups in total. The van der Waals surface area contributed by atoms with E-state index < -0.39 is 0 Å². The van der Waals surface area contributed by atoms with Crippen LogP contribution in [0.2, 0.25) is 0 Å². The van der Waals surface area contributed by atoms with Gasteiger partial charge in [-0.3, -0.25) is 4.79 Å². The zero-order valence-corrected chi connectivity index (χ0v) is 15.9. The average Bonchev–Trinajstić information content (AvgIpc) is 2.99. The summed E-state index contributed by atoms with van der Waals surface area (Å²) in [5, 5.41) is 4.49. The number of carbonyl (C=O) groups is 1. The lowest BCUT2D eigenvalue weighted by molar-refractivity contribution is 0.0933. The van der Waals surface area contributed by atoms with Gasteiger partial charge in [-0.1, -0.05) is 18.2 Å². The predicted octanol–water partition coefficient (Wildman–Crippen LogP) is 3.48. The molecule has 1 aliphatic rings. The van der Waals surface area contributed by atoms with Crippen molar-refractivity contribution in [3.05, 3.63) is 59.3 Å². The number of fused-ring (bicyclic) bond motifs is 3. The van der Waals surface area contributed by atoms with Gasteiger partial charge in [0.2, 0.25) is 0 Å². The van der Waals surface area contributed by atoms with E-state index in [1.54, 1.807) is 32.4 Å². The van der Waals surface area contributed by atoms with Crippen LogP contribution in [0.5, 0.6) is 11.5 Å². The number of carbonyl (C=O) groups excluding carboxylic acids is 1. The molecule has 27 heavy (non-hydrogen) atoms. The quantitative estimate of drug-likeness (QED) is 0.771. The first-order chi connectivity index (χ1) is 13.1. The second-order valence-corrected chi connectivity index (χ2v) is 6.98. The third-order valence-corrected chi connectivity index (χ3v) is 5.50. The minimum absolute atomic E-state index is 0.0790. The number of amides is 1. The fourth-order valence-corrected chi connectivity index (χ4v) is 4.10. The minimum atomic E-state index is -0.0790. The summed E-state index contributed by atoms with van der Waals surface area (Å²) in [7, 11) is 5.29. The Hall–Kier alpha value is -2.95. The van der Waals surface area contributed by atoms with Gasteiger partial charge in [0.1, 0.15) is 0 Å². The molecule has 5 nitrogen and oxygen atoms in total. The van der Waals surface area contributed by atoms with Gasteiger partial charge in [0.05, 0.1) is 14.2 Å². The van der Waals surface area contributed by atoms with Crippen LogP contribution in [0.3, 0.4) is 0 Å². The van der Waals surface area contributed by atoms with Gasteiger partial charge < -0.3 is 19.4 Å². The van der Waals surface area contributed by atoms with E-state index >= 15 is 0 Å². The first-order valence-corrected chi connectivity index (χ1v) is 9.20. The number of nitrogens with zero attached hydrogens (tertiary/aromatic N) is 1. The second kappa shape index (κ2) is 6.99. The first kappa shape index (κ1) is 17.5. The zero-order valence-electron chi connectivity index (χ0n) is 15.9. The van der Waals surface area contributed by atoms with Crippen molar-refractivity contribution in [2.45, 2.75) is 25.3 Å². The van der Waals surface area contributed by atoms with E-state index in [0.29, 0.717) is 17.1 Å². The fraction of sp³-hybridized carbons (Fsp3) is 0.318. The lowest BCUT2D eigenvalue weighted by Crippen LogP contribution is -2.39. The molecule has 0 saturated carbocycles. The number of hydrogen-bond acceptors (Lipinski definition) is 3. The lowest BCUT2D eigenvalue weighted by Gasteiger charge is -2.24. The van der Waals surface area contributed by atoms with Crippen LogP contribution in [-0.2, 0) is 19.9 Å². The number of methoxy groups -OCH3 is 2. The standard InChI is InChI=1S/C22H24N2O3/c1-24-18-7-5-4-6-16(18)17-13-15(9-10-19(17)24)23-22(25)14-8-11-20(26-2)21(12-14)27-3/h4-8,11-12,15H,9-10,13H2,1-3H3,(H,23,25). The SMILES string of the molecule is COc1ccc(C(=O)NC2CCc3c(c4ccccc4n3C)C2)cc1OC. The van der Waals surface area contributed by atoms with Crippen LogP contribution in [0, 0.1) is 0 Å². The smallest absolute Gasteiger partial charge is 0.251 e. The molecule has 5 heteroatoms. The van der Waals surface area contributed by atoms with Gasteiger partial charge in [-0.15, -0.1) is 0 Å². The Labute approximate surface area is 158 Å². The number of ether oxygens (including phenoxy) is 2. The Balaban J connectivity index is 1.55. The van der Waals surface area contributed by atoms with Crippen LogP contribution in [-0.4, -0.2) is 30.7 Å². The van der Waals surface area contributed by atoms with Gasteiger partial charge in [-0.25, -0.2) is 0 Å². The molecular weight excluding hydrogens is 340 g/mol. The number of para-hydroxylation sites is 1. The monoisotopic (exact) mass is 364 g/mol. The van der Waals surface area contributed by atoms with Gasteiger partial charge in [0, 0.05) is 35.2 Å². The van der Waals surface area contributed by atoms with E-state index in [0.717, 1.165) is 19.3 Å². The lowest BCUT2D eigenvalue weighted by atomic mass is 9.91. The van der Waals surface area contributed by atoms with Crippen molar-refractivity contribution in [2.75, 3.05) is 14.2 Å². The van der Waals surface area contributed by atoms with Crippen molar-refractivity contribution in [3.8, 4) is 11.5 Å². The molecule has 1 unspecified atom stereocenters. The topological polar surface area (TPSA) is 52.5 Å². The van der Waals surface area contributed by atoms with Crippen molar-refractivity contribution >= 4 is 16.8 Å². The molecule has 0 bridgehead atoms. The Bertz CT molecular complexity index is 1010. The molecular formula is C22H24N2O3. The van der Waals surface area contributed by atoms with Crippen LogP contribution in [0.15, 0.2) is 42.5 Å². The number of aromatic nitrogens is 1. The highest BCUT2D eigenvalue weighted by Gasteiger charge is 2.25. The molecule has 0 fully saturated rings. The van der Waals surface area contributed by atoms with E-state index in [2.05, 4.69) is 41.2 Å². The highest BCUT2D eigenvalue weighted by molar-refractivity contribution is 5.95. The molecule has 2 aromatic carbocycles. The van der Waals surface area contributed by atoms with Crippen LogP contribution in [0.25, 0.3) is 10.9 Å². The number of aryl methyl sites for hydroxylation is 1. The van der Waals surface area contributed by atoms with E-state index in [9.17, 15) is 4.79 Å². The molecule has 3 aromatic rings. The second-order valence-electron chi connectivity index (χ2n) is 6.98. The molecule has 1 heterocycles. The molecule has 1 atom stereocenters. The molecule has 0 aliphatic heterocycles. The maximum absolute atomic E-state index is 12.7. The van der Waals surface area contributed by atoms with Crippen LogP contribution >= 0.6 is 0 Å². The maximum atomic E-state index is 12.7. The Morgan fingerprint density at radius 2 is 1.89 bits per heavy atom. The number of rotatable bonds is 4. The summed E-state index contributed by atoms with van der Waals surface area (Å²) in [5.41, 5.74) is 4.58. The summed E-state index contributed by atoms with van der Waals surface area (Å²) < 4.78 is 12.8. The molecule has 1 amide bonds. The van der Waals surface area contributed by atoms with E-state index in [1.165, 1.54) is 22.2 Å². The zero-order chi connectivity index (χ0) is 19.0. The predicted molar refractivity (Wildman–Crippen MR) is 106 cm³/mol. The summed E-state index contributed by atoms with van der Waals surface area (Å²) in [6.45, 7) is 0. The Morgan fingerprint density at radius 1 is 1.11 bits per heavy atom. The van der Waals surface area contributed by atoms with Crippen molar-refractivity contribution in [1.29, 1.82) is 0 Å². The summed E-state index contributed by atoms with van der Waals surface area (Å²) in [4.78, 5) is 12.7. The molecule has 0 radical (unpaired) electrons.